The van der Waals surface area contributed by atoms with Gasteiger partial charge in [0.2, 0.25) is 10.0 Å². The van der Waals surface area contributed by atoms with Gasteiger partial charge in [-0.15, -0.1) is 0 Å². The maximum absolute atomic E-state index is 13.1. The normalized spacial score (nSPS) is 20.8. The first-order valence-corrected chi connectivity index (χ1v) is 10.9. The summed E-state index contributed by atoms with van der Waals surface area (Å²) in [6.45, 7) is 15.0. The molecule has 1 fully saturated rings. The van der Waals surface area contributed by atoms with Crippen LogP contribution in [0.1, 0.15) is 59.4 Å². The van der Waals surface area contributed by atoms with Crippen LogP contribution in [0.4, 0.5) is 0 Å². The van der Waals surface area contributed by atoms with Gasteiger partial charge in [0.1, 0.15) is 0 Å². The van der Waals surface area contributed by atoms with Crippen molar-refractivity contribution in [2.75, 3.05) is 19.6 Å². The minimum absolute atomic E-state index is 0.290. The lowest BCUT2D eigenvalue weighted by Gasteiger charge is -2.43. The molecule has 1 heterocycles. The summed E-state index contributed by atoms with van der Waals surface area (Å²) in [5.74, 6) is 0.959. The van der Waals surface area contributed by atoms with Crippen molar-refractivity contribution in [3.05, 3.63) is 29.8 Å². The lowest BCUT2D eigenvalue weighted by Crippen LogP contribution is -2.56. The molecule has 1 aliphatic heterocycles. The minimum atomic E-state index is -3.42. The largest absolute Gasteiger partial charge is 0.295 e. The van der Waals surface area contributed by atoms with Crippen molar-refractivity contribution in [2.45, 2.75) is 70.9 Å². The fourth-order valence-corrected chi connectivity index (χ4v) is 5.14. The monoisotopic (exact) mass is 366 g/mol. The van der Waals surface area contributed by atoms with Crippen molar-refractivity contribution in [3.63, 3.8) is 0 Å². The highest BCUT2D eigenvalue weighted by molar-refractivity contribution is 7.89. The molecule has 0 aromatic heterocycles. The Hall–Kier alpha value is -0.910. The van der Waals surface area contributed by atoms with E-state index >= 15 is 0 Å². The van der Waals surface area contributed by atoms with Gasteiger partial charge in [-0.2, -0.15) is 4.31 Å². The maximum Gasteiger partial charge on any atom is 0.243 e. The molecule has 0 amide bonds. The molecule has 0 saturated carbocycles. The average molecular weight is 367 g/mol. The molecule has 0 radical (unpaired) electrons. The van der Waals surface area contributed by atoms with Crippen LogP contribution in [0, 0.1) is 5.92 Å². The molecule has 1 aromatic rings. The third kappa shape index (κ3) is 4.83. The molecule has 25 heavy (non-hydrogen) atoms. The van der Waals surface area contributed by atoms with Crippen LogP contribution >= 0.6 is 0 Å². The molecule has 1 aliphatic rings. The van der Waals surface area contributed by atoms with E-state index in [-0.39, 0.29) is 0 Å². The minimum Gasteiger partial charge on any atom is -0.295 e. The third-order valence-corrected chi connectivity index (χ3v) is 6.96. The van der Waals surface area contributed by atoms with Crippen molar-refractivity contribution in [1.82, 2.24) is 9.21 Å². The lowest BCUT2D eigenvalue weighted by atomic mass is 9.99. The van der Waals surface area contributed by atoms with Crippen molar-refractivity contribution in [1.29, 1.82) is 0 Å². The van der Waals surface area contributed by atoms with E-state index in [0.717, 1.165) is 13.0 Å². The van der Waals surface area contributed by atoms with E-state index in [1.54, 1.807) is 16.4 Å². The summed E-state index contributed by atoms with van der Waals surface area (Å²) >= 11 is 0. The Balaban J connectivity index is 2.21. The Morgan fingerprint density at radius 2 is 1.60 bits per heavy atom. The first-order chi connectivity index (χ1) is 11.6. The fourth-order valence-electron chi connectivity index (χ4n) is 3.67. The van der Waals surface area contributed by atoms with Crippen molar-refractivity contribution in [2.24, 2.45) is 5.92 Å². The van der Waals surface area contributed by atoms with Gasteiger partial charge in [0.25, 0.3) is 0 Å². The summed E-state index contributed by atoms with van der Waals surface area (Å²) in [4.78, 5) is 2.87. The van der Waals surface area contributed by atoms with Gasteiger partial charge in [0.15, 0.2) is 0 Å². The molecule has 0 N–H and O–H groups in total. The SMILES string of the molecule is CC(C)CC1CN(S(=O)(=O)c2ccc(C(C)C)cc2)CCN1C(C)C. The average Bonchev–Trinajstić information content (AvgIpc) is 2.54. The van der Waals surface area contributed by atoms with E-state index in [4.69, 9.17) is 0 Å². The van der Waals surface area contributed by atoms with Crippen molar-refractivity contribution < 1.29 is 8.42 Å². The Bertz CT molecular complexity index is 651. The van der Waals surface area contributed by atoms with Gasteiger partial charge in [0, 0.05) is 31.7 Å². The molecule has 142 valence electrons. The van der Waals surface area contributed by atoms with Gasteiger partial charge in [-0.3, -0.25) is 4.90 Å². The molecule has 0 spiro atoms. The predicted molar refractivity (Wildman–Crippen MR) is 104 cm³/mol. The van der Waals surface area contributed by atoms with Crippen LogP contribution in [0.15, 0.2) is 29.2 Å². The van der Waals surface area contributed by atoms with E-state index in [1.807, 2.05) is 12.1 Å². The smallest absolute Gasteiger partial charge is 0.243 e. The van der Waals surface area contributed by atoms with Gasteiger partial charge in [-0.25, -0.2) is 8.42 Å². The van der Waals surface area contributed by atoms with Crippen LogP contribution in [0.25, 0.3) is 0 Å². The Morgan fingerprint density at radius 1 is 1.00 bits per heavy atom. The summed E-state index contributed by atoms with van der Waals surface area (Å²) < 4.78 is 27.9. The van der Waals surface area contributed by atoms with Gasteiger partial charge < -0.3 is 0 Å². The Morgan fingerprint density at radius 3 is 2.08 bits per heavy atom. The molecular weight excluding hydrogens is 332 g/mol. The zero-order valence-electron chi connectivity index (χ0n) is 16.6. The van der Waals surface area contributed by atoms with Crippen LogP contribution in [0.3, 0.4) is 0 Å². The number of piperazine rings is 1. The number of rotatable bonds is 6. The van der Waals surface area contributed by atoms with Crippen LogP contribution in [-0.4, -0.2) is 49.3 Å². The maximum atomic E-state index is 13.1. The topological polar surface area (TPSA) is 40.6 Å². The van der Waals surface area contributed by atoms with E-state index in [9.17, 15) is 8.42 Å². The standard InChI is InChI=1S/C20H34N2O2S/c1-15(2)13-19-14-21(11-12-22(19)17(5)6)25(23,24)20-9-7-18(8-10-20)16(3)4/h7-10,15-17,19H,11-14H2,1-6H3. The number of hydrogen-bond donors (Lipinski definition) is 0. The van der Waals surface area contributed by atoms with E-state index < -0.39 is 10.0 Å². The highest BCUT2D eigenvalue weighted by atomic mass is 32.2. The number of nitrogens with zero attached hydrogens (tertiary/aromatic N) is 2. The Kier molecular flexibility index (Phi) is 6.68. The molecule has 0 aliphatic carbocycles. The van der Waals surface area contributed by atoms with E-state index in [1.165, 1.54) is 5.56 Å². The number of benzene rings is 1. The molecule has 2 rings (SSSR count). The van der Waals surface area contributed by atoms with E-state index in [0.29, 0.717) is 41.9 Å². The van der Waals surface area contributed by atoms with E-state index in [2.05, 4.69) is 46.4 Å². The zero-order chi connectivity index (χ0) is 18.8. The third-order valence-electron chi connectivity index (χ3n) is 5.08. The van der Waals surface area contributed by atoms with Gasteiger partial charge in [-0.1, -0.05) is 39.8 Å². The predicted octanol–water partition coefficient (Wildman–Crippen LogP) is 3.94. The second-order valence-electron chi connectivity index (χ2n) is 8.20. The first kappa shape index (κ1) is 20.4. The quantitative estimate of drug-likeness (QED) is 0.766. The van der Waals surface area contributed by atoms with Gasteiger partial charge in [-0.05, 0) is 49.8 Å². The summed E-state index contributed by atoms with van der Waals surface area (Å²) in [6.07, 6.45) is 1.02. The molecule has 5 heteroatoms. The van der Waals surface area contributed by atoms with Gasteiger partial charge in [0.05, 0.1) is 4.90 Å². The van der Waals surface area contributed by atoms with Crippen LogP contribution in [-0.2, 0) is 10.0 Å². The highest BCUT2D eigenvalue weighted by Gasteiger charge is 2.35. The first-order valence-electron chi connectivity index (χ1n) is 9.48. The summed E-state index contributed by atoms with van der Waals surface area (Å²) in [7, 11) is -3.42. The van der Waals surface area contributed by atoms with Gasteiger partial charge >= 0.3 is 0 Å². The molecule has 1 saturated heterocycles. The molecule has 1 unspecified atom stereocenters. The van der Waals surface area contributed by atoms with Crippen LogP contribution in [0.5, 0.6) is 0 Å². The molecule has 1 atom stereocenters. The summed E-state index contributed by atoms with van der Waals surface area (Å²) in [5.41, 5.74) is 1.17. The lowest BCUT2D eigenvalue weighted by molar-refractivity contribution is 0.0745. The highest BCUT2D eigenvalue weighted by Crippen LogP contribution is 2.25. The molecule has 4 nitrogen and oxygen atoms in total. The Labute approximate surface area is 154 Å². The summed E-state index contributed by atoms with van der Waals surface area (Å²) in [5, 5.41) is 0. The fraction of sp³-hybridized carbons (Fsp3) is 0.700. The zero-order valence-corrected chi connectivity index (χ0v) is 17.4. The molecular formula is C20H34N2O2S. The van der Waals surface area contributed by atoms with Crippen molar-refractivity contribution >= 4 is 10.0 Å². The van der Waals surface area contributed by atoms with Crippen LogP contribution in [0.2, 0.25) is 0 Å². The number of hydrogen-bond acceptors (Lipinski definition) is 3. The second kappa shape index (κ2) is 8.19. The molecule has 1 aromatic carbocycles. The van der Waals surface area contributed by atoms with Crippen molar-refractivity contribution in [3.8, 4) is 0 Å². The van der Waals surface area contributed by atoms with Crippen LogP contribution < -0.4 is 0 Å². The number of sulfonamides is 1. The second-order valence-corrected chi connectivity index (χ2v) is 10.1. The molecule has 0 bridgehead atoms. The summed E-state index contributed by atoms with van der Waals surface area (Å²) in [6, 6.07) is 8.13.